The Bertz CT molecular complexity index is 2720. The number of hydrogen-bond acceptors (Lipinski definition) is 1. The summed E-state index contributed by atoms with van der Waals surface area (Å²) in [5, 5.41) is 4.92. The van der Waals surface area contributed by atoms with Crippen molar-refractivity contribution in [1.29, 1.82) is 0 Å². The van der Waals surface area contributed by atoms with Crippen LogP contribution in [0.1, 0.15) is 37.5 Å². The van der Waals surface area contributed by atoms with Gasteiger partial charge in [0.2, 0.25) is 0 Å². The average Bonchev–Trinajstić information content (AvgIpc) is 3.63. The van der Waals surface area contributed by atoms with Gasteiger partial charge in [0.05, 0.1) is 11.0 Å². The molecule has 0 radical (unpaired) electrons. The maximum atomic E-state index is 4.08. The van der Waals surface area contributed by atoms with Gasteiger partial charge < -0.3 is 9.47 Å². The molecular formula is C50H40N2. The molecule has 0 N–H and O–H groups in total. The molecule has 0 amide bonds. The molecule has 0 fully saturated rings. The summed E-state index contributed by atoms with van der Waals surface area (Å²) in [6, 6.07) is 55.5. The van der Waals surface area contributed by atoms with E-state index in [1.165, 1.54) is 60.4 Å². The van der Waals surface area contributed by atoms with Crippen LogP contribution in [0.2, 0.25) is 0 Å². The Morgan fingerprint density at radius 1 is 0.615 bits per heavy atom. The minimum Gasteiger partial charge on any atom is -0.310 e. The molecular weight excluding hydrogens is 629 g/mol. The fourth-order valence-corrected chi connectivity index (χ4v) is 8.49. The van der Waals surface area contributed by atoms with Crippen LogP contribution in [0.5, 0.6) is 0 Å². The number of allylic oxidation sites excluding steroid dienone is 5. The Kier molecular flexibility index (Phi) is 7.56. The standard InChI is InChI=1S/C50H40N2/c1-5-16-34(17-6-2)48-40-21-11-10-18-35(40)32-44-43-23-13-15-25-47(43)52(49(44)48)38-28-26-37(27-29-38)51(36-19-8-7-9-20-36)39-30-31-42-41-22-12-14-24-45(41)50(3,4)46(42)33-39/h5-33H,1H2,2-4H3/b17-6-,34-16+. The molecule has 0 aliphatic heterocycles. The normalized spacial score (nSPS) is 13.6. The van der Waals surface area contributed by atoms with Crippen LogP contribution in [0, 0.1) is 0 Å². The topological polar surface area (TPSA) is 8.17 Å². The van der Waals surface area contributed by atoms with Gasteiger partial charge in [-0.25, -0.2) is 0 Å². The zero-order valence-corrected chi connectivity index (χ0v) is 29.8. The Hall–Kier alpha value is -6.38. The minimum absolute atomic E-state index is 0.0849. The first-order chi connectivity index (χ1) is 25.5. The first-order valence-electron chi connectivity index (χ1n) is 18.1. The number of nitrogens with zero attached hydrogens (tertiary/aromatic N) is 2. The highest BCUT2D eigenvalue weighted by Crippen LogP contribution is 2.50. The molecule has 1 aliphatic rings. The molecule has 52 heavy (non-hydrogen) atoms. The van der Waals surface area contributed by atoms with Gasteiger partial charge in [-0.2, -0.15) is 0 Å². The number of hydrogen-bond donors (Lipinski definition) is 0. The number of anilines is 3. The van der Waals surface area contributed by atoms with Crippen molar-refractivity contribution < 1.29 is 0 Å². The number of rotatable bonds is 7. The van der Waals surface area contributed by atoms with Gasteiger partial charge in [-0.1, -0.05) is 136 Å². The van der Waals surface area contributed by atoms with Gasteiger partial charge in [0, 0.05) is 44.5 Å². The summed E-state index contributed by atoms with van der Waals surface area (Å²) in [6.07, 6.45) is 8.33. The highest BCUT2D eigenvalue weighted by Gasteiger charge is 2.35. The highest BCUT2D eigenvalue weighted by molar-refractivity contribution is 6.19. The minimum atomic E-state index is -0.0849. The van der Waals surface area contributed by atoms with E-state index in [9.17, 15) is 0 Å². The monoisotopic (exact) mass is 668 g/mol. The summed E-state index contributed by atoms with van der Waals surface area (Å²) in [7, 11) is 0. The lowest BCUT2D eigenvalue weighted by atomic mass is 9.82. The average molecular weight is 669 g/mol. The fraction of sp³-hybridized carbons (Fsp3) is 0.0800. The Morgan fingerprint density at radius 2 is 1.27 bits per heavy atom. The van der Waals surface area contributed by atoms with Crippen LogP contribution in [-0.2, 0) is 5.41 Å². The molecule has 2 nitrogen and oxygen atoms in total. The van der Waals surface area contributed by atoms with Gasteiger partial charge in [-0.3, -0.25) is 0 Å². The van der Waals surface area contributed by atoms with E-state index in [1.807, 2.05) is 6.08 Å². The molecule has 0 atom stereocenters. The third-order valence-electron chi connectivity index (χ3n) is 10.8. The van der Waals surface area contributed by atoms with Gasteiger partial charge in [0.25, 0.3) is 0 Å². The van der Waals surface area contributed by atoms with E-state index in [-0.39, 0.29) is 5.41 Å². The van der Waals surface area contributed by atoms with E-state index in [0.717, 1.165) is 28.3 Å². The Morgan fingerprint density at radius 3 is 2.06 bits per heavy atom. The van der Waals surface area contributed by atoms with E-state index in [1.54, 1.807) is 0 Å². The van der Waals surface area contributed by atoms with E-state index in [4.69, 9.17) is 0 Å². The SMILES string of the molecule is C=C/C=C(\C=C/C)c1c2ccccc2cc2c3ccccc3n(-c3ccc(N(c4ccccc4)c4ccc5c(c4)C(C)(C)c4ccccc4-5)cc3)c12. The van der Waals surface area contributed by atoms with Gasteiger partial charge in [0.15, 0.2) is 0 Å². The lowest BCUT2D eigenvalue weighted by molar-refractivity contribution is 0.660. The summed E-state index contributed by atoms with van der Waals surface area (Å²) in [5.74, 6) is 0. The van der Waals surface area contributed by atoms with E-state index in [2.05, 4.69) is 207 Å². The number of benzene rings is 7. The zero-order chi connectivity index (χ0) is 35.4. The van der Waals surface area contributed by atoms with Crippen LogP contribution in [0.4, 0.5) is 17.1 Å². The van der Waals surface area contributed by atoms with Crippen molar-refractivity contribution in [3.63, 3.8) is 0 Å². The Labute approximate surface area is 305 Å². The molecule has 0 spiro atoms. The summed E-state index contributed by atoms with van der Waals surface area (Å²) >= 11 is 0. The van der Waals surface area contributed by atoms with Crippen molar-refractivity contribution in [2.45, 2.75) is 26.2 Å². The van der Waals surface area contributed by atoms with Crippen LogP contribution in [0.15, 0.2) is 183 Å². The van der Waals surface area contributed by atoms with Crippen molar-refractivity contribution in [3.8, 4) is 16.8 Å². The van der Waals surface area contributed by atoms with Crippen molar-refractivity contribution in [3.05, 3.63) is 199 Å². The van der Waals surface area contributed by atoms with Crippen LogP contribution < -0.4 is 4.90 Å². The van der Waals surface area contributed by atoms with Gasteiger partial charge in [-0.05, 0) is 106 Å². The lowest BCUT2D eigenvalue weighted by Gasteiger charge is -2.28. The smallest absolute Gasteiger partial charge is 0.0625 e. The molecule has 2 heteroatoms. The molecule has 0 saturated heterocycles. The van der Waals surface area contributed by atoms with Crippen LogP contribution in [0.3, 0.4) is 0 Å². The van der Waals surface area contributed by atoms with E-state index in [0.29, 0.717) is 0 Å². The maximum Gasteiger partial charge on any atom is 0.0625 e. The predicted octanol–water partition coefficient (Wildman–Crippen LogP) is 13.9. The molecule has 0 unspecified atom stereocenters. The van der Waals surface area contributed by atoms with Gasteiger partial charge >= 0.3 is 0 Å². The summed E-state index contributed by atoms with van der Waals surface area (Å²) in [6.45, 7) is 10.9. The van der Waals surface area contributed by atoms with Crippen LogP contribution >= 0.6 is 0 Å². The van der Waals surface area contributed by atoms with Crippen molar-refractivity contribution in [1.82, 2.24) is 4.57 Å². The second kappa shape index (κ2) is 12.4. The van der Waals surface area contributed by atoms with Crippen molar-refractivity contribution in [2.24, 2.45) is 0 Å². The molecule has 7 aromatic carbocycles. The second-order valence-corrected chi connectivity index (χ2v) is 14.2. The fourth-order valence-electron chi connectivity index (χ4n) is 8.49. The highest BCUT2D eigenvalue weighted by atomic mass is 15.1. The molecule has 9 rings (SSSR count). The first kappa shape index (κ1) is 31.6. The van der Waals surface area contributed by atoms with E-state index < -0.39 is 0 Å². The summed E-state index contributed by atoms with van der Waals surface area (Å²) < 4.78 is 2.44. The maximum absolute atomic E-state index is 4.08. The molecule has 1 heterocycles. The number of fused-ring (bicyclic) bond motifs is 7. The lowest BCUT2D eigenvalue weighted by Crippen LogP contribution is -2.16. The quantitative estimate of drug-likeness (QED) is 0.153. The summed E-state index contributed by atoms with van der Waals surface area (Å²) in [5.41, 5.74) is 14.5. The molecule has 250 valence electrons. The second-order valence-electron chi connectivity index (χ2n) is 14.2. The van der Waals surface area contributed by atoms with Crippen LogP contribution in [0.25, 0.3) is 55.0 Å². The van der Waals surface area contributed by atoms with Gasteiger partial charge in [0.1, 0.15) is 0 Å². The first-order valence-corrected chi connectivity index (χ1v) is 18.1. The largest absolute Gasteiger partial charge is 0.310 e. The zero-order valence-electron chi connectivity index (χ0n) is 29.8. The summed E-state index contributed by atoms with van der Waals surface area (Å²) in [4.78, 5) is 2.38. The number of para-hydroxylation sites is 2. The molecule has 8 aromatic rings. The van der Waals surface area contributed by atoms with Crippen LogP contribution in [-0.4, -0.2) is 4.57 Å². The number of aromatic nitrogens is 1. The molecule has 0 saturated carbocycles. The van der Waals surface area contributed by atoms with Crippen molar-refractivity contribution >= 4 is 55.2 Å². The van der Waals surface area contributed by atoms with E-state index >= 15 is 0 Å². The third-order valence-corrected chi connectivity index (χ3v) is 10.8. The molecule has 1 aliphatic carbocycles. The van der Waals surface area contributed by atoms with Gasteiger partial charge in [-0.15, -0.1) is 0 Å². The Balaban J connectivity index is 1.25. The molecule has 1 aromatic heterocycles. The van der Waals surface area contributed by atoms with Crippen molar-refractivity contribution in [2.75, 3.05) is 4.90 Å². The predicted molar refractivity (Wildman–Crippen MR) is 224 cm³/mol. The molecule has 0 bridgehead atoms. The third kappa shape index (κ3) is 4.86.